The van der Waals surface area contributed by atoms with Crippen LogP contribution in [0.2, 0.25) is 0 Å². The van der Waals surface area contributed by atoms with E-state index in [-0.39, 0.29) is 17.8 Å². The SMILES string of the molecule is CC1CC(C(=O)c2ccnn2-c2ccccc2)CO1. The lowest BCUT2D eigenvalue weighted by Crippen LogP contribution is -2.18. The van der Waals surface area contributed by atoms with Gasteiger partial charge in [-0.1, -0.05) is 18.2 Å². The highest BCUT2D eigenvalue weighted by molar-refractivity contribution is 5.97. The maximum Gasteiger partial charge on any atom is 0.186 e. The summed E-state index contributed by atoms with van der Waals surface area (Å²) in [6, 6.07) is 11.5. The second-order valence-corrected chi connectivity index (χ2v) is 4.90. The lowest BCUT2D eigenvalue weighted by atomic mass is 9.99. The maximum absolute atomic E-state index is 12.5. The molecule has 1 fully saturated rings. The third-order valence-corrected chi connectivity index (χ3v) is 3.47. The number of carbonyl (C=O) groups excluding carboxylic acids is 1. The van der Waals surface area contributed by atoms with Crippen molar-refractivity contribution >= 4 is 5.78 Å². The van der Waals surface area contributed by atoms with Gasteiger partial charge in [-0.2, -0.15) is 5.10 Å². The molecule has 4 nitrogen and oxygen atoms in total. The lowest BCUT2D eigenvalue weighted by Gasteiger charge is -2.09. The molecule has 2 atom stereocenters. The number of ether oxygens (including phenoxy) is 1. The molecule has 2 aromatic rings. The van der Waals surface area contributed by atoms with E-state index in [0.29, 0.717) is 12.3 Å². The van der Waals surface area contributed by atoms with Crippen molar-refractivity contribution in [1.82, 2.24) is 9.78 Å². The molecular weight excluding hydrogens is 240 g/mol. The standard InChI is InChI=1S/C15H16N2O2/c1-11-9-12(10-19-11)15(18)14-7-8-16-17(14)13-5-3-2-4-6-13/h2-8,11-12H,9-10H2,1H3. The summed E-state index contributed by atoms with van der Waals surface area (Å²) in [5.74, 6) is 0.0693. The van der Waals surface area contributed by atoms with E-state index in [0.717, 1.165) is 12.1 Å². The van der Waals surface area contributed by atoms with Gasteiger partial charge in [0.05, 0.1) is 24.6 Å². The average molecular weight is 256 g/mol. The Morgan fingerprint density at radius 3 is 2.79 bits per heavy atom. The van der Waals surface area contributed by atoms with Crippen LogP contribution in [0, 0.1) is 5.92 Å². The minimum atomic E-state index is -0.0471. The Kier molecular flexibility index (Phi) is 3.17. The van der Waals surface area contributed by atoms with E-state index in [4.69, 9.17) is 4.74 Å². The van der Waals surface area contributed by atoms with Crippen molar-refractivity contribution in [1.29, 1.82) is 0 Å². The van der Waals surface area contributed by atoms with E-state index < -0.39 is 0 Å². The van der Waals surface area contributed by atoms with Crippen LogP contribution in [0.25, 0.3) is 5.69 Å². The number of para-hydroxylation sites is 1. The molecule has 4 heteroatoms. The van der Waals surface area contributed by atoms with E-state index in [1.165, 1.54) is 0 Å². The first-order chi connectivity index (χ1) is 9.25. The second-order valence-electron chi connectivity index (χ2n) is 4.90. The van der Waals surface area contributed by atoms with Crippen LogP contribution in [0.1, 0.15) is 23.8 Å². The van der Waals surface area contributed by atoms with Gasteiger partial charge in [0, 0.05) is 5.92 Å². The van der Waals surface area contributed by atoms with Gasteiger partial charge in [0.25, 0.3) is 0 Å². The molecule has 2 heterocycles. The van der Waals surface area contributed by atoms with Gasteiger partial charge < -0.3 is 4.74 Å². The molecule has 0 N–H and O–H groups in total. The summed E-state index contributed by atoms with van der Waals surface area (Å²) in [6.07, 6.45) is 2.63. The van der Waals surface area contributed by atoms with Gasteiger partial charge >= 0.3 is 0 Å². The summed E-state index contributed by atoms with van der Waals surface area (Å²) >= 11 is 0. The number of ketones is 1. The average Bonchev–Trinajstić information content (AvgIpc) is 3.07. The first kappa shape index (κ1) is 12.1. The molecule has 1 saturated heterocycles. The van der Waals surface area contributed by atoms with E-state index in [1.54, 1.807) is 16.9 Å². The van der Waals surface area contributed by atoms with Crippen molar-refractivity contribution in [2.24, 2.45) is 5.92 Å². The zero-order chi connectivity index (χ0) is 13.2. The van der Waals surface area contributed by atoms with Crippen LogP contribution in [0.15, 0.2) is 42.6 Å². The Morgan fingerprint density at radius 1 is 1.32 bits per heavy atom. The highest BCUT2D eigenvalue weighted by atomic mass is 16.5. The van der Waals surface area contributed by atoms with E-state index >= 15 is 0 Å². The van der Waals surface area contributed by atoms with Gasteiger partial charge in [-0.15, -0.1) is 0 Å². The molecule has 0 spiro atoms. The molecule has 0 radical (unpaired) electrons. The molecule has 3 rings (SSSR count). The van der Waals surface area contributed by atoms with Crippen molar-refractivity contribution in [2.75, 3.05) is 6.61 Å². The Hall–Kier alpha value is -1.94. The number of Topliss-reactive ketones (excluding diaryl/α,β-unsaturated/α-hetero) is 1. The largest absolute Gasteiger partial charge is 0.378 e. The smallest absolute Gasteiger partial charge is 0.186 e. The lowest BCUT2D eigenvalue weighted by molar-refractivity contribution is 0.0870. The summed E-state index contributed by atoms with van der Waals surface area (Å²) < 4.78 is 7.18. The molecule has 0 saturated carbocycles. The number of hydrogen-bond donors (Lipinski definition) is 0. The minimum Gasteiger partial charge on any atom is -0.378 e. The summed E-state index contributed by atoms with van der Waals surface area (Å²) in [4.78, 5) is 12.5. The molecule has 0 amide bonds. The van der Waals surface area contributed by atoms with Crippen LogP contribution in [0.5, 0.6) is 0 Å². The molecule has 19 heavy (non-hydrogen) atoms. The van der Waals surface area contributed by atoms with Crippen LogP contribution >= 0.6 is 0 Å². The fourth-order valence-electron chi connectivity index (χ4n) is 2.47. The zero-order valence-electron chi connectivity index (χ0n) is 10.8. The molecule has 1 aliphatic heterocycles. The monoisotopic (exact) mass is 256 g/mol. The molecular formula is C15H16N2O2. The van der Waals surface area contributed by atoms with Gasteiger partial charge in [0.15, 0.2) is 5.78 Å². The third-order valence-electron chi connectivity index (χ3n) is 3.47. The molecule has 2 unspecified atom stereocenters. The summed E-state index contributed by atoms with van der Waals surface area (Å²) in [5, 5.41) is 4.25. The third kappa shape index (κ3) is 2.31. The van der Waals surface area contributed by atoms with Crippen LogP contribution in [0.4, 0.5) is 0 Å². The normalized spacial score (nSPS) is 22.6. The van der Waals surface area contributed by atoms with Crippen molar-refractivity contribution in [3.8, 4) is 5.69 Å². The molecule has 1 aromatic carbocycles. The van der Waals surface area contributed by atoms with E-state index in [1.807, 2.05) is 37.3 Å². The maximum atomic E-state index is 12.5. The Morgan fingerprint density at radius 2 is 2.11 bits per heavy atom. The van der Waals surface area contributed by atoms with Crippen LogP contribution < -0.4 is 0 Å². The molecule has 0 aliphatic carbocycles. The molecule has 0 bridgehead atoms. The molecule has 1 aromatic heterocycles. The van der Waals surface area contributed by atoms with Gasteiger partial charge in [0.1, 0.15) is 5.69 Å². The number of rotatable bonds is 3. The summed E-state index contributed by atoms with van der Waals surface area (Å²) in [5.41, 5.74) is 1.54. The van der Waals surface area contributed by atoms with Crippen LogP contribution in [-0.2, 0) is 4.74 Å². The number of benzene rings is 1. The minimum absolute atomic E-state index is 0.0471. The fourth-order valence-corrected chi connectivity index (χ4v) is 2.47. The van der Waals surface area contributed by atoms with Crippen molar-refractivity contribution in [2.45, 2.75) is 19.4 Å². The Bertz CT molecular complexity index is 577. The number of hydrogen-bond acceptors (Lipinski definition) is 3. The van der Waals surface area contributed by atoms with Crippen molar-refractivity contribution in [3.05, 3.63) is 48.3 Å². The first-order valence-electron chi connectivity index (χ1n) is 6.51. The second kappa shape index (κ2) is 4.97. The highest BCUT2D eigenvalue weighted by Crippen LogP contribution is 2.24. The highest BCUT2D eigenvalue weighted by Gasteiger charge is 2.30. The van der Waals surface area contributed by atoms with Gasteiger partial charge in [0.2, 0.25) is 0 Å². The quantitative estimate of drug-likeness (QED) is 0.792. The molecule has 98 valence electrons. The fraction of sp³-hybridized carbons (Fsp3) is 0.333. The van der Waals surface area contributed by atoms with Crippen LogP contribution in [-0.4, -0.2) is 28.3 Å². The number of carbonyl (C=O) groups is 1. The molecule has 1 aliphatic rings. The van der Waals surface area contributed by atoms with Gasteiger partial charge in [-0.3, -0.25) is 4.79 Å². The summed E-state index contributed by atoms with van der Waals surface area (Å²) in [6.45, 7) is 2.52. The summed E-state index contributed by atoms with van der Waals surface area (Å²) in [7, 11) is 0. The predicted molar refractivity (Wildman–Crippen MR) is 71.4 cm³/mol. The van der Waals surface area contributed by atoms with Gasteiger partial charge in [-0.25, -0.2) is 4.68 Å². The van der Waals surface area contributed by atoms with E-state index in [9.17, 15) is 4.79 Å². The van der Waals surface area contributed by atoms with E-state index in [2.05, 4.69) is 5.10 Å². The zero-order valence-corrected chi connectivity index (χ0v) is 10.8. The predicted octanol–water partition coefficient (Wildman–Crippen LogP) is 2.48. The van der Waals surface area contributed by atoms with Gasteiger partial charge in [-0.05, 0) is 31.5 Å². The van der Waals surface area contributed by atoms with Crippen molar-refractivity contribution in [3.63, 3.8) is 0 Å². The topological polar surface area (TPSA) is 44.1 Å². The Balaban J connectivity index is 1.90. The van der Waals surface area contributed by atoms with Crippen molar-refractivity contribution < 1.29 is 9.53 Å². The number of nitrogens with zero attached hydrogens (tertiary/aromatic N) is 2. The first-order valence-corrected chi connectivity index (χ1v) is 6.51. The Labute approximate surface area is 112 Å². The van der Waals surface area contributed by atoms with Crippen LogP contribution in [0.3, 0.4) is 0 Å². The number of aromatic nitrogens is 2.